The van der Waals surface area contributed by atoms with Crippen molar-refractivity contribution in [3.63, 3.8) is 0 Å². The molecule has 0 unspecified atom stereocenters. The number of sulfonamides is 1. The van der Waals surface area contributed by atoms with Crippen molar-refractivity contribution in [3.8, 4) is 10.7 Å². The standard InChI is InChI=1S/C20H22N4O3S2/c1-14-18(20(25)24-10-6-7-11-24)28-19(21-14)17-12-16(13-23(17)2)29(26,27)22-15-8-4-3-5-9-15/h3-5,8-9,12-13,22H,6-7,10-11H2,1-2H3. The van der Waals surface area contributed by atoms with Crippen molar-refractivity contribution >= 4 is 33.0 Å². The molecule has 1 N–H and O–H groups in total. The maximum atomic E-state index is 12.8. The average molecular weight is 431 g/mol. The smallest absolute Gasteiger partial charge is 0.265 e. The zero-order chi connectivity index (χ0) is 20.6. The van der Waals surface area contributed by atoms with Gasteiger partial charge >= 0.3 is 0 Å². The highest BCUT2D eigenvalue weighted by Crippen LogP contribution is 2.32. The van der Waals surface area contributed by atoms with Crippen LogP contribution in [0.4, 0.5) is 5.69 Å². The number of aryl methyl sites for hydroxylation is 2. The van der Waals surface area contributed by atoms with Crippen molar-refractivity contribution in [2.45, 2.75) is 24.7 Å². The van der Waals surface area contributed by atoms with Gasteiger partial charge in [0.15, 0.2) is 0 Å². The van der Waals surface area contributed by atoms with E-state index in [1.807, 2.05) is 17.9 Å². The summed E-state index contributed by atoms with van der Waals surface area (Å²) in [6.07, 6.45) is 3.62. The van der Waals surface area contributed by atoms with E-state index in [0.29, 0.717) is 27.0 Å². The molecule has 9 heteroatoms. The van der Waals surface area contributed by atoms with Crippen LogP contribution in [0, 0.1) is 6.92 Å². The SMILES string of the molecule is Cc1nc(-c2cc(S(=O)(=O)Nc3ccccc3)cn2C)sc1C(=O)N1CCCC1. The van der Waals surface area contributed by atoms with Crippen LogP contribution in [-0.2, 0) is 17.1 Å². The molecule has 0 aliphatic carbocycles. The third-order valence-corrected chi connectivity index (χ3v) is 7.44. The van der Waals surface area contributed by atoms with Gasteiger partial charge in [-0.25, -0.2) is 13.4 Å². The lowest BCUT2D eigenvalue weighted by molar-refractivity contribution is 0.0796. The van der Waals surface area contributed by atoms with E-state index < -0.39 is 10.0 Å². The van der Waals surface area contributed by atoms with E-state index in [0.717, 1.165) is 25.9 Å². The van der Waals surface area contributed by atoms with Gasteiger partial charge < -0.3 is 9.47 Å². The highest BCUT2D eigenvalue weighted by atomic mass is 32.2. The van der Waals surface area contributed by atoms with Crippen LogP contribution in [0.3, 0.4) is 0 Å². The first-order valence-electron chi connectivity index (χ1n) is 9.36. The predicted octanol–water partition coefficient (Wildman–Crippen LogP) is 3.49. The van der Waals surface area contributed by atoms with Crippen LogP contribution in [0.25, 0.3) is 10.7 Å². The maximum absolute atomic E-state index is 12.8. The maximum Gasteiger partial charge on any atom is 0.265 e. The van der Waals surface area contributed by atoms with Gasteiger partial charge in [-0.2, -0.15) is 0 Å². The number of anilines is 1. The van der Waals surface area contributed by atoms with E-state index in [2.05, 4.69) is 9.71 Å². The predicted molar refractivity (Wildman–Crippen MR) is 114 cm³/mol. The third-order valence-electron chi connectivity index (χ3n) is 4.92. The van der Waals surface area contributed by atoms with Gasteiger partial charge in [-0.05, 0) is 38.0 Å². The third kappa shape index (κ3) is 3.92. The molecule has 3 aromatic rings. The summed E-state index contributed by atoms with van der Waals surface area (Å²) in [6, 6.07) is 10.3. The van der Waals surface area contributed by atoms with E-state index in [4.69, 9.17) is 0 Å². The van der Waals surface area contributed by atoms with Crippen LogP contribution in [0.1, 0.15) is 28.2 Å². The lowest BCUT2D eigenvalue weighted by Gasteiger charge is -2.13. The Morgan fingerprint density at radius 1 is 1.17 bits per heavy atom. The summed E-state index contributed by atoms with van der Waals surface area (Å²) in [5, 5.41) is 0.633. The van der Waals surface area contributed by atoms with Gasteiger partial charge in [-0.15, -0.1) is 11.3 Å². The Morgan fingerprint density at radius 2 is 1.86 bits per heavy atom. The number of nitrogens with zero attached hydrogens (tertiary/aromatic N) is 3. The Morgan fingerprint density at radius 3 is 2.55 bits per heavy atom. The van der Waals surface area contributed by atoms with Crippen LogP contribution < -0.4 is 4.72 Å². The number of hydrogen-bond donors (Lipinski definition) is 1. The first kappa shape index (κ1) is 19.7. The van der Waals surface area contributed by atoms with Crippen molar-refractivity contribution in [2.75, 3.05) is 17.8 Å². The van der Waals surface area contributed by atoms with Crippen LogP contribution in [0.2, 0.25) is 0 Å². The normalized spacial score (nSPS) is 14.3. The average Bonchev–Trinajstić information content (AvgIpc) is 3.41. The van der Waals surface area contributed by atoms with Gasteiger partial charge in [0, 0.05) is 32.0 Å². The van der Waals surface area contributed by atoms with E-state index in [9.17, 15) is 13.2 Å². The summed E-state index contributed by atoms with van der Waals surface area (Å²) in [6.45, 7) is 3.38. The van der Waals surface area contributed by atoms with Crippen LogP contribution in [0.15, 0.2) is 47.5 Å². The molecule has 29 heavy (non-hydrogen) atoms. The fraction of sp³-hybridized carbons (Fsp3) is 0.300. The minimum absolute atomic E-state index is 0.0107. The zero-order valence-corrected chi connectivity index (χ0v) is 17.9. The summed E-state index contributed by atoms with van der Waals surface area (Å²) in [5.74, 6) is 0.0107. The minimum atomic E-state index is -3.72. The topological polar surface area (TPSA) is 84.3 Å². The molecule has 1 amide bonds. The highest BCUT2D eigenvalue weighted by molar-refractivity contribution is 7.92. The number of likely N-dealkylation sites (tertiary alicyclic amines) is 1. The number of amides is 1. The Kier molecular flexibility index (Phi) is 5.18. The molecule has 3 heterocycles. The number of thiazole rings is 1. The van der Waals surface area contributed by atoms with Gasteiger partial charge in [0.05, 0.1) is 11.4 Å². The van der Waals surface area contributed by atoms with E-state index in [-0.39, 0.29) is 10.8 Å². The fourth-order valence-electron chi connectivity index (χ4n) is 3.38. The second kappa shape index (κ2) is 7.64. The Bertz CT molecular complexity index is 1140. The van der Waals surface area contributed by atoms with Crippen molar-refractivity contribution in [2.24, 2.45) is 7.05 Å². The molecule has 0 spiro atoms. The summed E-state index contributed by atoms with van der Waals surface area (Å²) in [4.78, 5) is 19.9. The number of aromatic nitrogens is 2. The van der Waals surface area contributed by atoms with Gasteiger partial charge in [-0.1, -0.05) is 18.2 Å². The molecule has 2 aromatic heterocycles. The lowest BCUT2D eigenvalue weighted by Crippen LogP contribution is -2.27. The van der Waals surface area contributed by atoms with Gasteiger partial charge in [0.1, 0.15) is 14.8 Å². The molecule has 1 saturated heterocycles. The van der Waals surface area contributed by atoms with Crippen molar-refractivity contribution in [1.29, 1.82) is 0 Å². The summed E-state index contributed by atoms with van der Waals surface area (Å²) >= 11 is 1.31. The lowest BCUT2D eigenvalue weighted by atomic mass is 10.3. The van der Waals surface area contributed by atoms with Gasteiger partial charge in [-0.3, -0.25) is 9.52 Å². The highest BCUT2D eigenvalue weighted by Gasteiger charge is 2.26. The molecular weight excluding hydrogens is 408 g/mol. The molecule has 1 aliphatic rings. The van der Waals surface area contributed by atoms with Crippen molar-refractivity contribution in [1.82, 2.24) is 14.5 Å². The van der Waals surface area contributed by atoms with Crippen molar-refractivity contribution < 1.29 is 13.2 Å². The van der Waals surface area contributed by atoms with E-state index in [1.165, 1.54) is 11.3 Å². The van der Waals surface area contributed by atoms with Gasteiger partial charge in [0.25, 0.3) is 15.9 Å². The van der Waals surface area contributed by atoms with Crippen molar-refractivity contribution in [3.05, 3.63) is 53.2 Å². The number of carbonyl (C=O) groups excluding carboxylic acids is 1. The van der Waals surface area contributed by atoms with Crippen LogP contribution in [0.5, 0.6) is 0 Å². The molecule has 1 fully saturated rings. The minimum Gasteiger partial charge on any atom is -0.347 e. The second-order valence-corrected chi connectivity index (χ2v) is 9.76. The summed E-state index contributed by atoms with van der Waals surface area (Å²) in [5.41, 5.74) is 1.84. The van der Waals surface area contributed by atoms with E-state index in [1.54, 1.807) is 48.1 Å². The molecule has 1 aromatic carbocycles. The number of hydrogen-bond acceptors (Lipinski definition) is 5. The zero-order valence-electron chi connectivity index (χ0n) is 16.3. The fourth-order valence-corrected chi connectivity index (χ4v) is 5.60. The quantitative estimate of drug-likeness (QED) is 0.671. The number of para-hydroxylation sites is 1. The van der Waals surface area contributed by atoms with Crippen LogP contribution >= 0.6 is 11.3 Å². The molecule has 0 atom stereocenters. The summed E-state index contributed by atoms with van der Waals surface area (Å²) < 4.78 is 29.8. The van der Waals surface area contributed by atoms with Crippen LogP contribution in [-0.4, -0.2) is 41.9 Å². The first-order valence-corrected chi connectivity index (χ1v) is 11.7. The largest absolute Gasteiger partial charge is 0.347 e. The molecule has 7 nitrogen and oxygen atoms in total. The Balaban J connectivity index is 1.63. The monoisotopic (exact) mass is 430 g/mol. The number of rotatable bonds is 5. The molecule has 1 aliphatic heterocycles. The molecule has 0 saturated carbocycles. The number of carbonyl (C=O) groups is 1. The Hall–Kier alpha value is -2.65. The van der Waals surface area contributed by atoms with E-state index >= 15 is 0 Å². The number of nitrogens with one attached hydrogen (secondary N) is 1. The molecule has 0 bridgehead atoms. The molecule has 4 rings (SSSR count). The van der Waals surface area contributed by atoms with Gasteiger partial charge in [0.2, 0.25) is 0 Å². The number of benzene rings is 1. The molecular formula is C20H22N4O3S2. The second-order valence-electron chi connectivity index (χ2n) is 7.08. The molecule has 152 valence electrons. The first-order chi connectivity index (χ1) is 13.8. The Labute approximate surface area is 174 Å². The molecule has 0 radical (unpaired) electrons. The summed E-state index contributed by atoms with van der Waals surface area (Å²) in [7, 11) is -1.95.